The summed E-state index contributed by atoms with van der Waals surface area (Å²) >= 11 is 0. The predicted molar refractivity (Wildman–Crippen MR) is 77.9 cm³/mol. The van der Waals surface area contributed by atoms with Gasteiger partial charge in [0.1, 0.15) is 0 Å². The first-order valence-corrected chi connectivity index (χ1v) is 7.10. The normalized spacial score (nSPS) is 14.8. The number of ether oxygens (including phenoxy) is 1. The van der Waals surface area contributed by atoms with Crippen LogP contribution in [0.4, 0.5) is 8.78 Å². The zero-order chi connectivity index (χ0) is 16.1. The lowest BCUT2D eigenvalue weighted by atomic mass is 9.72. The minimum absolute atomic E-state index is 0.118. The van der Waals surface area contributed by atoms with Crippen LogP contribution in [0.5, 0.6) is 0 Å². The third-order valence-corrected chi connectivity index (χ3v) is 3.88. The van der Waals surface area contributed by atoms with E-state index in [0.717, 1.165) is 0 Å². The maximum absolute atomic E-state index is 14.5. The summed E-state index contributed by atoms with van der Waals surface area (Å²) in [4.78, 5) is 12.2. The van der Waals surface area contributed by atoms with E-state index >= 15 is 0 Å². The second-order valence-electron chi connectivity index (χ2n) is 5.48. The van der Waals surface area contributed by atoms with E-state index in [-0.39, 0.29) is 24.6 Å². The lowest BCUT2D eigenvalue weighted by Crippen LogP contribution is -2.47. The molecule has 3 nitrogen and oxygen atoms in total. The maximum Gasteiger partial charge on any atom is 0.313 e. The van der Waals surface area contributed by atoms with Gasteiger partial charge in [-0.3, -0.25) is 4.79 Å². The van der Waals surface area contributed by atoms with E-state index in [1.165, 1.54) is 12.1 Å². The Morgan fingerprint density at radius 2 is 1.86 bits per heavy atom. The van der Waals surface area contributed by atoms with Crippen LogP contribution in [0.3, 0.4) is 0 Å². The highest BCUT2D eigenvalue weighted by Gasteiger charge is 2.50. The molecule has 0 heterocycles. The monoisotopic (exact) mass is 299 g/mol. The molecule has 0 aliphatic rings. The van der Waals surface area contributed by atoms with Crippen molar-refractivity contribution in [3.63, 3.8) is 0 Å². The average molecular weight is 299 g/mol. The van der Waals surface area contributed by atoms with Gasteiger partial charge in [-0.1, -0.05) is 44.2 Å². The van der Waals surface area contributed by atoms with E-state index in [0.29, 0.717) is 0 Å². The molecule has 21 heavy (non-hydrogen) atoms. The standard InChI is InChI=1S/C16H23F2NO2/c1-4-21-14(20)15(11-19,12(2)3)10-16(17,18)13-8-6-5-7-9-13/h5-9,12H,4,10-11,19H2,1-3H3. The van der Waals surface area contributed by atoms with Gasteiger partial charge < -0.3 is 10.5 Å². The van der Waals surface area contributed by atoms with Crippen LogP contribution < -0.4 is 5.73 Å². The largest absolute Gasteiger partial charge is 0.466 e. The Morgan fingerprint density at radius 3 is 2.29 bits per heavy atom. The molecule has 0 spiro atoms. The Bertz CT molecular complexity index is 463. The Labute approximate surface area is 124 Å². The van der Waals surface area contributed by atoms with Crippen molar-refractivity contribution in [2.24, 2.45) is 17.1 Å². The van der Waals surface area contributed by atoms with Crippen LogP contribution in [0.25, 0.3) is 0 Å². The summed E-state index contributed by atoms with van der Waals surface area (Å²) in [6, 6.07) is 7.48. The van der Waals surface area contributed by atoms with Gasteiger partial charge in [0.2, 0.25) is 0 Å². The molecule has 1 atom stereocenters. The van der Waals surface area contributed by atoms with Gasteiger partial charge in [0.05, 0.1) is 12.0 Å². The molecule has 0 fully saturated rings. The molecule has 0 radical (unpaired) electrons. The van der Waals surface area contributed by atoms with Crippen molar-refractivity contribution in [3.8, 4) is 0 Å². The van der Waals surface area contributed by atoms with Gasteiger partial charge in [-0.05, 0) is 12.8 Å². The Kier molecular flexibility index (Phi) is 5.84. The fraction of sp³-hybridized carbons (Fsp3) is 0.562. The van der Waals surface area contributed by atoms with Crippen molar-refractivity contribution in [1.82, 2.24) is 0 Å². The van der Waals surface area contributed by atoms with Gasteiger partial charge in [-0.2, -0.15) is 0 Å². The number of rotatable bonds is 7. The van der Waals surface area contributed by atoms with E-state index < -0.39 is 23.7 Å². The summed E-state index contributed by atoms with van der Waals surface area (Å²) in [5, 5.41) is 0. The number of halogens is 2. The maximum atomic E-state index is 14.5. The zero-order valence-electron chi connectivity index (χ0n) is 12.7. The highest BCUT2D eigenvalue weighted by Crippen LogP contribution is 2.44. The molecule has 0 amide bonds. The molecule has 0 bridgehead atoms. The molecular formula is C16H23F2NO2. The minimum atomic E-state index is -3.14. The number of carbonyl (C=O) groups excluding carboxylic acids is 1. The number of hydrogen-bond acceptors (Lipinski definition) is 3. The average Bonchev–Trinajstić information content (AvgIpc) is 2.45. The van der Waals surface area contributed by atoms with Gasteiger partial charge in [0.15, 0.2) is 0 Å². The van der Waals surface area contributed by atoms with E-state index in [1.54, 1.807) is 39.0 Å². The molecule has 0 saturated heterocycles. The lowest BCUT2D eigenvalue weighted by Gasteiger charge is -2.36. The van der Waals surface area contributed by atoms with E-state index in [2.05, 4.69) is 0 Å². The predicted octanol–water partition coefficient (Wildman–Crippen LogP) is 3.33. The van der Waals surface area contributed by atoms with Crippen molar-refractivity contribution < 1.29 is 18.3 Å². The third-order valence-electron chi connectivity index (χ3n) is 3.88. The number of nitrogens with two attached hydrogens (primary N) is 1. The van der Waals surface area contributed by atoms with Gasteiger partial charge in [-0.15, -0.1) is 0 Å². The number of alkyl halides is 2. The zero-order valence-corrected chi connectivity index (χ0v) is 12.7. The Balaban J connectivity index is 3.14. The van der Waals surface area contributed by atoms with Gasteiger partial charge >= 0.3 is 5.97 Å². The summed E-state index contributed by atoms with van der Waals surface area (Å²) in [5.41, 5.74) is 4.18. The van der Waals surface area contributed by atoms with Gasteiger partial charge in [0.25, 0.3) is 5.92 Å². The molecule has 1 rings (SSSR count). The van der Waals surface area contributed by atoms with Crippen LogP contribution in [-0.2, 0) is 15.5 Å². The van der Waals surface area contributed by atoms with Crippen LogP contribution in [0.2, 0.25) is 0 Å². The summed E-state index contributed by atoms with van der Waals surface area (Å²) in [6.45, 7) is 5.04. The quantitative estimate of drug-likeness (QED) is 0.786. The molecule has 0 aliphatic heterocycles. The molecule has 2 N–H and O–H groups in total. The SMILES string of the molecule is CCOC(=O)C(CN)(CC(F)(F)c1ccccc1)C(C)C. The first-order chi connectivity index (χ1) is 9.80. The first kappa shape index (κ1) is 17.6. The van der Waals surface area contributed by atoms with Crippen molar-refractivity contribution in [1.29, 1.82) is 0 Å². The number of hydrogen-bond donors (Lipinski definition) is 1. The van der Waals surface area contributed by atoms with Gasteiger partial charge in [0, 0.05) is 18.5 Å². The second kappa shape index (κ2) is 6.98. The molecule has 0 aromatic heterocycles. The van der Waals surface area contributed by atoms with Crippen LogP contribution >= 0.6 is 0 Å². The summed E-state index contributed by atoms with van der Waals surface area (Å²) < 4.78 is 34.1. The van der Waals surface area contributed by atoms with Crippen LogP contribution in [0.15, 0.2) is 30.3 Å². The Hall–Kier alpha value is -1.49. The Morgan fingerprint density at radius 1 is 1.29 bits per heavy atom. The highest BCUT2D eigenvalue weighted by atomic mass is 19.3. The molecule has 1 aromatic carbocycles. The molecule has 118 valence electrons. The van der Waals surface area contributed by atoms with Crippen molar-refractivity contribution in [2.45, 2.75) is 33.1 Å². The molecule has 5 heteroatoms. The van der Waals surface area contributed by atoms with Gasteiger partial charge in [-0.25, -0.2) is 8.78 Å². The fourth-order valence-corrected chi connectivity index (χ4v) is 2.36. The summed E-state index contributed by atoms with van der Waals surface area (Å²) in [5.74, 6) is -4.15. The number of carbonyl (C=O) groups is 1. The van der Waals surface area contributed by atoms with Crippen LogP contribution in [-0.4, -0.2) is 19.1 Å². The van der Waals surface area contributed by atoms with E-state index in [1.807, 2.05) is 0 Å². The first-order valence-electron chi connectivity index (χ1n) is 7.10. The fourth-order valence-electron chi connectivity index (χ4n) is 2.36. The smallest absolute Gasteiger partial charge is 0.313 e. The van der Waals surface area contributed by atoms with Crippen molar-refractivity contribution >= 4 is 5.97 Å². The molecule has 1 aromatic rings. The highest BCUT2D eigenvalue weighted by molar-refractivity contribution is 5.77. The van der Waals surface area contributed by atoms with Crippen LogP contribution in [0, 0.1) is 11.3 Å². The second-order valence-corrected chi connectivity index (χ2v) is 5.48. The molecular weight excluding hydrogens is 276 g/mol. The summed E-state index contributed by atoms with van der Waals surface area (Å²) in [6.07, 6.45) is -0.656. The van der Waals surface area contributed by atoms with Crippen molar-refractivity contribution in [2.75, 3.05) is 13.2 Å². The van der Waals surface area contributed by atoms with Crippen LogP contribution in [0.1, 0.15) is 32.8 Å². The number of esters is 1. The van der Waals surface area contributed by atoms with E-state index in [9.17, 15) is 13.6 Å². The third kappa shape index (κ3) is 3.79. The topological polar surface area (TPSA) is 52.3 Å². The van der Waals surface area contributed by atoms with E-state index in [4.69, 9.17) is 10.5 Å². The molecule has 1 unspecified atom stereocenters. The summed E-state index contributed by atoms with van der Waals surface area (Å²) in [7, 11) is 0. The number of benzene rings is 1. The lowest BCUT2D eigenvalue weighted by molar-refractivity contribution is -0.166. The minimum Gasteiger partial charge on any atom is -0.466 e. The van der Waals surface area contributed by atoms with Crippen molar-refractivity contribution in [3.05, 3.63) is 35.9 Å². The molecule has 0 saturated carbocycles. The molecule has 0 aliphatic carbocycles.